The molecule has 8 nitrogen and oxygen atoms in total. The van der Waals surface area contributed by atoms with Gasteiger partial charge < -0.3 is 24.8 Å². The van der Waals surface area contributed by atoms with Crippen LogP contribution in [0.15, 0.2) is 54.0 Å². The van der Waals surface area contributed by atoms with Gasteiger partial charge in [0.2, 0.25) is 11.8 Å². The first kappa shape index (κ1) is 28.0. The number of methoxy groups -OCH3 is 1. The molecular weight excluding hydrogens is 548 g/mol. The second-order valence-corrected chi connectivity index (χ2v) is 12.5. The van der Waals surface area contributed by atoms with Crippen LogP contribution in [0.2, 0.25) is 5.02 Å². The molecular formula is C30H33ClN4O4S. The lowest BCUT2D eigenvalue weighted by Gasteiger charge is -2.34. The Morgan fingerprint density at radius 2 is 1.95 bits per heavy atom. The highest BCUT2D eigenvalue weighted by molar-refractivity contribution is 7.14. The van der Waals surface area contributed by atoms with Gasteiger partial charge in [0.15, 0.2) is 5.13 Å². The number of halogens is 1. The Kier molecular flexibility index (Phi) is 7.79. The van der Waals surface area contributed by atoms with Gasteiger partial charge in [0.05, 0.1) is 25.5 Å². The number of benzene rings is 2. The highest BCUT2D eigenvalue weighted by Gasteiger charge is 2.41. The molecule has 5 rings (SSSR count). The van der Waals surface area contributed by atoms with Crippen LogP contribution in [0.4, 0.5) is 5.13 Å². The summed E-state index contributed by atoms with van der Waals surface area (Å²) in [5, 5.41) is 17.8. The van der Waals surface area contributed by atoms with Crippen molar-refractivity contribution in [3.8, 4) is 28.6 Å². The van der Waals surface area contributed by atoms with Crippen LogP contribution in [0.1, 0.15) is 34.1 Å². The van der Waals surface area contributed by atoms with E-state index < -0.39 is 6.04 Å². The van der Waals surface area contributed by atoms with Crippen molar-refractivity contribution in [3.05, 3.63) is 59.1 Å². The molecule has 2 aromatic heterocycles. The summed E-state index contributed by atoms with van der Waals surface area (Å²) < 4.78 is 11.8. The summed E-state index contributed by atoms with van der Waals surface area (Å²) in [6.07, 6.45) is 2.11. The maximum absolute atomic E-state index is 14.0. The average molecular weight is 581 g/mol. The first-order chi connectivity index (χ1) is 19.0. The molecule has 2 N–H and O–H groups in total. The monoisotopic (exact) mass is 580 g/mol. The van der Waals surface area contributed by atoms with E-state index in [0.717, 1.165) is 22.0 Å². The summed E-state index contributed by atoms with van der Waals surface area (Å²) in [5.41, 5.74) is 1.31. The number of aromatic nitrogens is 2. The maximum atomic E-state index is 14.0. The van der Waals surface area contributed by atoms with Crippen LogP contribution in [0.5, 0.6) is 17.4 Å². The summed E-state index contributed by atoms with van der Waals surface area (Å²) in [7, 11) is 1.60. The van der Waals surface area contributed by atoms with Crippen molar-refractivity contribution in [1.82, 2.24) is 14.9 Å². The predicted octanol–water partition coefficient (Wildman–Crippen LogP) is 6.62. The van der Waals surface area contributed by atoms with Crippen molar-refractivity contribution >= 4 is 44.7 Å². The van der Waals surface area contributed by atoms with Gasteiger partial charge in [0.25, 0.3) is 0 Å². The summed E-state index contributed by atoms with van der Waals surface area (Å²) in [6, 6.07) is 11.9. The molecule has 0 radical (unpaired) electrons. The molecule has 4 aromatic rings. The van der Waals surface area contributed by atoms with Gasteiger partial charge in [-0.25, -0.2) is 9.97 Å². The number of amides is 1. The van der Waals surface area contributed by atoms with Crippen molar-refractivity contribution in [2.45, 2.75) is 52.3 Å². The second-order valence-electron chi connectivity index (χ2n) is 11.2. The van der Waals surface area contributed by atoms with Crippen LogP contribution in [-0.2, 0) is 4.79 Å². The van der Waals surface area contributed by atoms with Crippen molar-refractivity contribution in [2.24, 2.45) is 5.41 Å². The molecule has 1 amide bonds. The topological polar surface area (TPSA) is 96.8 Å². The van der Waals surface area contributed by atoms with Crippen LogP contribution in [0.3, 0.4) is 0 Å². The van der Waals surface area contributed by atoms with E-state index >= 15 is 0 Å². The molecule has 10 heteroatoms. The summed E-state index contributed by atoms with van der Waals surface area (Å²) >= 11 is 7.73. The molecule has 2 aromatic carbocycles. The summed E-state index contributed by atoms with van der Waals surface area (Å²) in [5.74, 6) is 1.32. The van der Waals surface area contributed by atoms with Gasteiger partial charge in [-0.05, 0) is 54.8 Å². The van der Waals surface area contributed by atoms with E-state index in [2.05, 4.69) is 10.3 Å². The van der Waals surface area contributed by atoms with Crippen molar-refractivity contribution in [2.75, 3.05) is 19.0 Å². The maximum Gasteiger partial charge on any atom is 0.246 e. The van der Waals surface area contributed by atoms with Gasteiger partial charge in [-0.1, -0.05) is 32.4 Å². The molecule has 0 saturated carbocycles. The second kappa shape index (κ2) is 11.1. The molecule has 3 heterocycles. The van der Waals surface area contributed by atoms with Crippen molar-refractivity contribution in [1.29, 1.82) is 0 Å². The highest BCUT2D eigenvalue weighted by Crippen LogP contribution is 2.36. The normalized spacial score (nSPS) is 18.1. The Morgan fingerprint density at radius 1 is 1.20 bits per heavy atom. The Balaban J connectivity index is 1.33. The number of hydrogen-bond acceptors (Lipinski definition) is 8. The largest absolute Gasteiger partial charge is 0.508 e. The first-order valence-corrected chi connectivity index (χ1v) is 14.4. The van der Waals surface area contributed by atoms with Crippen LogP contribution in [0, 0.1) is 5.41 Å². The van der Waals surface area contributed by atoms with Crippen molar-refractivity contribution in [3.63, 3.8) is 0 Å². The fourth-order valence-corrected chi connectivity index (χ4v) is 5.92. The lowest BCUT2D eigenvalue weighted by Crippen LogP contribution is -2.50. The van der Waals surface area contributed by atoms with E-state index in [0.29, 0.717) is 34.7 Å². The Hall–Kier alpha value is -3.56. The lowest BCUT2D eigenvalue weighted by molar-refractivity contribution is -0.135. The molecule has 1 aliphatic heterocycles. The number of rotatable bonds is 7. The van der Waals surface area contributed by atoms with E-state index in [1.165, 1.54) is 11.3 Å². The highest BCUT2D eigenvalue weighted by atomic mass is 35.5. The van der Waals surface area contributed by atoms with E-state index in [1.54, 1.807) is 25.4 Å². The van der Waals surface area contributed by atoms with E-state index in [4.69, 9.17) is 26.1 Å². The number of ether oxygens (including phenoxy) is 2. The number of fused-ring (bicyclic) bond motifs is 1. The van der Waals surface area contributed by atoms with Gasteiger partial charge >= 0.3 is 0 Å². The number of thiazole rings is 1. The Bertz CT molecular complexity index is 1520. The van der Waals surface area contributed by atoms with E-state index in [-0.39, 0.29) is 29.2 Å². The molecule has 1 aliphatic rings. The number of likely N-dealkylation sites (tertiary alicyclic amines) is 1. The molecule has 1 fully saturated rings. The van der Waals surface area contributed by atoms with Crippen LogP contribution < -0.4 is 14.8 Å². The number of pyridine rings is 1. The summed E-state index contributed by atoms with van der Waals surface area (Å²) in [4.78, 5) is 25.1. The zero-order valence-electron chi connectivity index (χ0n) is 23.1. The van der Waals surface area contributed by atoms with E-state index in [9.17, 15) is 9.90 Å². The number of aromatic hydroxyl groups is 1. The molecule has 40 heavy (non-hydrogen) atoms. The Labute approximate surface area is 242 Å². The zero-order valence-corrected chi connectivity index (χ0v) is 24.7. The Morgan fingerprint density at radius 3 is 2.65 bits per heavy atom. The number of hydrogen-bond donors (Lipinski definition) is 2. The molecule has 0 spiro atoms. The van der Waals surface area contributed by atoms with Gasteiger partial charge in [-0.15, -0.1) is 11.3 Å². The fourth-order valence-electron chi connectivity index (χ4n) is 5.00. The quantitative estimate of drug-likeness (QED) is 0.253. The average Bonchev–Trinajstić information content (AvgIpc) is 3.53. The number of phenolic OH excluding ortho intramolecular Hbond substituents is 1. The number of phenols is 1. The minimum atomic E-state index is -0.494. The fraction of sp³-hybridized carbons (Fsp3) is 0.367. The van der Waals surface area contributed by atoms with Gasteiger partial charge in [0.1, 0.15) is 23.6 Å². The van der Waals surface area contributed by atoms with Crippen LogP contribution >= 0.6 is 22.9 Å². The lowest BCUT2D eigenvalue weighted by atomic mass is 9.85. The minimum Gasteiger partial charge on any atom is -0.508 e. The van der Waals surface area contributed by atoms with Crippen molar-refractivity contribution < 1.29 is 19.4 Å². The third kappa shape index (κ3) is 5.81. The molecule has 210 valence electrons. The van der Waals surface area contributed by atoms with Crippen LogP contribution in [-0.4, -0.2) is 57.7 Å². The number of nitrogens with zero attached hydrogens (tertiary/aromatic N) is 3. The first-order valence-electron chi connectivity index (χ1n) is 13.1. The SMILES string of the molecule is COc1cnc(O[C@@H]2C[C@@H](C)N(C(=O)[C@@H](Nc3nc(-c4ccc(O)cc4)cs3)C(C)(C)C)C2)c2cc(Cl)ccc12. The number of nitrogens with one attached hydrogen (secondary N) is 1. The molecule has 1 saturated heterocycles. The molecule has 0 aliphatic carbocycles. The van der Waals surface area contributed by atoms with Gasteiger partial charge in [-0.2, -0.15) is 0 Å². The van der Waals surface area contributed by atoms with Gasteiger partial charge in [-0.3, -0.25) is 4.79 Å². The summed E-state index contributed by atoms with van der Waals surface area (Å²) in [6.45, 7) is 8.62. The third-order valence-corrected chi connectivity index (χ3v) is 8.15. The molecule has 0 unspecified atom stereocenters. The number of carbonyl (C=O) groups is 1. The number of carbonyl (C=O) groups excluding carboxylic acids is 1. The van der Waals surface area contributed by atoms with Crippen LogP contribution in [0.25, 0.3) is 22.0 Å². The van der Waals surface area contributed by atoms with E-state index in [1.807, 2.05) is 68.3 Å². The number of anilines is 1. The minimum absolute atomic E-state index is 0.00285. The third-order valence-electron chi connectivity index (χ3n) is 7.14. The molecule has 0 bridgehead atoms. The van der Waals surface area contributed by atoms with Gasteiger partial charge in [0, 0.05) is 39.2 Å². The standard InChI is InChI=1S/C30H33ClN4O4S/c1-17-12-21(39-27-23-13-19(31)8-11-22(23)25(38-5)14-32-27)15-35(17)28(37)26(30(2,3)4)34-29-33-24(16-40-29)18-6-9-20(36)10-7-18/h6-11,13-14,16-17,21,26,36H,12,15H2,1-5H3,(H,33,34)/t17-,21-,26-/m1/s1. The predicted molar refractivity (Wildman–Crippen MR) is 160 cm³/mol. The zero-order chi connectivity index (χ0) is 28.6. The molecule has 3 atom stereocenters. The smallest absolute Gasteiger partial charge is 0.246 e.